The zero-order chi connectivity index (χ0) is 18.3. The quantitative estimate of drug-likeness (QED) is 0.747. The van der Waals surface area contributed by atoms with E-state index in [0.717, 1.165) is 42.2 Å². The van der Waals surface area contributed by atoms with Gasteiger partial charge in [0.25, 0.3) is 5.91 Å². The minimum Gasteiger partial charge on any atom is -0.357 e. The second-order valence-electron chi connectivity index (χ2n) is 7.06. The second kappa shape index (κ2) is 6.76. The molecule has 0 radical (unpaired) electrons. The Balaban J connectivity index is 1.43. The molecule has 0 saturated carbocycles. The molecule has 0 spiro atoms. The van der Waals surface area contributed by atoms with Gasteiger partial charge in [-0.05, 0) is 51.8 Å². The van der Waals surface area contributed by atoms with Crippen LogP contribution in [0, 0.1) is 20.8 Å². The number of thiazole rings is 1. The lowest BCUT2D eigenvalue weighted by atomic mass is 10.0. The molecule has 1 amide bonds. The summed E-state index contributed by atoms with van der Waals surface area (Å²) in [5.74, 6) is 0.0857. The van der Waals surface area contributed by atoms with E-state index in [1.54, 1.807) is 11.3 Å². The highest BCUT2D eigenvalue weighted by molar-refractivity contribution is 7.09. The summed E-state index contributed by atoms with van der Waals surface area (Å²) in [6.07, 6.45) is 3.88. The highest BCUT2D eigenvalue weighted by Gasteiger charge is 2.26. The lowest BCUT2D eigenvalue weighted by Gasteiger charge is -2.34. The number of amides is 1. The molecule has 5 nitrogen and oxygen atoms in total. The van der Waals surface area contributed by atoms with Crippen LogP contribution in [0.4, 0.5) is 0 Å². The fraction of sp³-hybridized carbons (Fsp3) is 0.400. The van der Waals surface area contributed by atoms with Gasteiger partial charge in [0.15, 0.2) is 0 Å². The number of hydrogen-bond donors (Lipinski definition) is 1. The summed E-state index contributed by atoms with van der Waals surface area (Å²) in [5, 5.41) is 3.06. The maximum absolute atomic E-state index is 12.8. The van der Waals surface area contributed by atoms with E-state index in [9.17, 15) is 4.79 Å². The molecule has 0 bridgehead atoms. The molecule has 0 atom stereocenters. The molecule has 3 aromatic rings. The standard InChI is InChI=1S/C20H24N4OS/c1-13-4-5-14(2)24(13)17-6-8-23(9-7-17)20(25)18-10-16(11-21-18)19-12-26-15(3)22-19/h4-5,10-12,17,21H,6-9H2,1-3H3. The minimum atomic E-state index is 0.0857. The Kier molecular flexibility index (Phi) is 4.44. The van der Waals surface area contributed by atoms with Crippen LogP contribution in [-0.4, -0.2) is 38.4 Å². The lowest BCUT2D eigenvalue weighted by molar-refractivity contribution is 0.0688. The summed E-state index contributed by atoms with van der Waals surface area (Å²) in [4.78, 5) is 22.4. The van der Waals surface area contributed by atoms with E-state index in [1.165, 1.54) is 11.4 Å². The van der Waals surface area contributed by atoms with Crippen molar-refractivity contribution in [1.29, 1.82) is 0 Å². The van der Waals surface area contributed by atoms with Crippen molar-refractivity contribution >= 4 is 17.2 Å². The van der Waals surface area contributed by atoms with Crippen LogP contribution < -0.4 is 0 Å². The zero-order valence-electron chi connectivity index (χ0n) is 15.5. The Morgan fingerprint density at radius 2 is 1.88 bits per heavy atom. The van der Waals surface area contributed by atoms with Crippen LogP contribution in [0.15, 0.2) is 29.8 Å². The third kappa shape index (κ3) is 3.09. The van der Waals surface area contributed by atoms with Gasteiger partial charge in [0, 0.05) is 47.7 Å². The average Bonchev–Trinajstić information content (AvgIpc) is 3.35. The van der Waals surface area contributed by atoms with E-state index in [-0.39, 0.29) is 5.91 Å². The van der Waals surface area contributed by atoms with Gasteiger partial charge in [0.2, 0.25) is 0 Å². The third-order valence-electron chi connectivity index (χ3n) is 5.27. The number of carbonyl (C=O) groups excluding carboxylic acids is 1. The van der Waals surface area contributed by atoms with E-state index in [2.05, 4.69) is 40.5 Å². The largest absolute Gasteiger partial charge is 0.357 e. The number of nitrogens with one attached hydrogen (secondary N) is 1. The van der Waals surface area contributed by atoms with Gasteiger partial charge in [0.1, 0.15) is 5.69 Å². The van der Waals surface area contributed by atoms with Crippen LogP contribution in [0.25, 0.3) is 11.3 Å². The molecule has 1 saturated heterocycles. The van der Waals surface area contributed by atoms with Gasteiger partial charge in [-0.15, -0.1) is 11.3 Å². The fourth-order valence-corrected chi connectivity index (χ4v) is 4.54. The van der Waals surface area contributed by atoms with Crippen LogP contribution in [0.1, 0.15) is 45.8 Å². The Morgan fingerprint density at radius 3 is 2.50 bits per heavy atom. The molecule has 136 valence electrons. The Labute approximate surface area is 157 Å². The fourth-order valence-electron chi connectivity index (χ4n) is 3.92. The molecule has 3 aromatic heterocycles. The van der Waals surface area contributed by atoms with Gasteiger partial charge in [-0.1, -0.05) is 0 Å². The first-order chi connectivity index (χ1) is 12.5. The first-order valence-electron chi connectivity index (χ1n) is 9.07. The number of rotatable bonds is 3. The summed E-state index contributed by atoms with van der Waals surface area (Å²) >= 11 is 1.62. The van der Waals surface area contributed by atoms with Crippen LogP contribution in [0.5, 0.6) is 0 Å². The van der Waals surface area contributed by atoms with Crippen LogP contribution in [0.3, 0.4) is 0 Å². The molecule has 1 fully saturated rings. The van der Waals surface area contributed by atoms with Crippen molar-refractivity contribution in [2.45, 2.75) is 39.7 Å². The van der Waals surface area contributed by atoms with Gasteiger partial charge in [-0.3, -0.25) is 4.79 Å². The first kappa shape index (κ1) is 17.1. The van der Waals surface area contributed by atoms with Crippen molar-refractivity contribution in [3.8, 4) is 11.3 Å². The van der Waals surface area contributed by atoms with E-state index in [1.807, 2.05) is 29.5 Å². The highest BCUT2D eigenvalue weighted by atomic mass is 32.1. The number of likely N-dealkylation sites (tertiary alicyclic amines) is 1. The van der Waals surface area contributed by atoms with Gasteiger partial charge >= 0.3 is 0 Å². The number of nitrogens with zero attached hydrogens (tertiary/aromatic N) is 3. The highest BCUT2D eigenvalue weighted by Crippen LogP contribution is 2.28. The number of H-pyrrole nitrogens is 1. The molecule has 6 heteroatoms. The summed E-state index contributed by atoms with van der Waals surface area (Å²) in [6.45, 7) is 7.90. The van der Waals surface area contributed by atoms with Crippen molar-refractivity contribution in [2.75, 3.05) is 13.1 Å². The van der Waals surface area contributed by atoms with Crippen molar-refractivity contribution in [3.63, 3.8) is 0 Å². The molecule has 1 aliphatic rings. The van der Waals surface area contributed by atoms with Crippen LogP contribution in [-0.2, 0) is 0 Å². The number of aromatic amines is 1. The number of carbonyl (C=O) groups is 1. The van der Waals surface area contributed by atoms with Gasteiger partial charge < -0.3 is 14.5 Å². The number of aromatic nitrogens is 3. The smallest absolute Gasteiger partial charge is 0.270 e. The monoisotopic (exact) mass is 368 g/mol. The van der Waals surface area contributed by atoms with Crippen molar-refractivity contribution < 1.29 is 4.79 Å². The first-order valence-corrected chi connectivity index (χ1v) is 9.95. The molecule has 4 heterocycles. The predicted octanol–water partition coefficient (Wildman–Crippen LogP) is 4.34. The minimum absolute atomic E-state index is 0.0857. The normalized spacial score (nSPS) is 15.6. The predicted molar refractivity (Wildman–Crippen MR) is 105 cm³/mol. The zero-order valence-corrected chi connectivity index (χ0v) is 16.3. The third-order valence-corrected chi connectivity index (χ3v) is 6.04. The molecule has 4 rings (SSSR count). The molecule has 0 aliphatic carbocycles. The molecule has 26 heavy (non-hydrogen) atoms. The Bertz CT molecular complexity index is 908. The van der Waals surface area contributed by atoms with Crippen molar-refractivity contribution in [1.82, 2.24) is 19.4 Å². The topological polar surface area (TPSA) is 53.9 Å². The maximum atomic E-state index is 12.8. The summed E-state index contributed by atoms with van der Waals surface area (Å²) in [7, 11) is 0. The van der Waals surface area contributed by atoms with E-state index in [4.69, 9.17) is 0 Å². The van der Waals surface area contributed by atoms with Crippen LogP contribution in [0.2, 0.25) is 0 Å². The molecule has 0 aromatic carbocycles. The number of aryl methyl sites for hydroxylation is 3. The average molecular weight is 369 g/mol. The summed E-state index contributed by atoms with van der Waals surface area (Å²) in [5.41, 5.74) is 5.17. The van der Waals surface area contributed by atoms with Gasteiger partial charge in [0.05, 0.1) is 10.7 Å². The molecule has 0 unspecified atom stereocenters. The van der Waals surface area contributed by atoms with E-state index in [0.29, 0.717) is 11.7 Å². The van der Waals surface area contributed by atoms with Crippen LogP contribution >= 0.6 is 11.3 Å². The van der Waals surface area contributed by atoms with Crippen molar-refractivity contribution in [2.24, 2.45) is 0 Å². The Morgan fingerprint density at radius 1 is 1.19 bits per heavy atom. The Hall–Kier alpha value is -2.34. The van der Waals surface area contributed by atoms with Gasteiger partial charge in [-0.2, -0.15) is 0 Å². The maximum Gasteiger partial charge on any atom is 0.270 e. The van der Waals surface area contributed by atoms with E-state index < -0.39 is 0 Å². The summed E-state index contributed by atoms with van der Waals surface area (Å²) < 4.78 is 2.42. The number of piperidine rings is 1. The second-order valence-corrected chi connectivity index (χ2v) is 8.13. The molecular formula is C20H24N4OS. The van der Waals surface area contributed by atoms with Crippen molar-refractivity contribution in [3.05, 3.63) is 51.9 Å². The molecular weight excluding hydrogens is 344 g/mol. The van der Waals surface area contributed by atoms with Gasteiger partial charge in [-0.25, -0.2) is 4.98 Å². The van der Waals surface area contributed by atoms with E-state index >= 15 is 0 Å². The SMILES string of the molecule is Cc1nc(-c2c[nH]c(C(=O)N3CCC(n4c(C)ccc4C)CC3)c2)cs1. The summed E-state index contributed by atoms with van der Waals surface area (Å²) in [6, 6.07) is 6.76. The lowest BCUT2D eigenvalue weighted by Crippen LogP contribution is -2.39. The molecule has 1 N–H and O–H groups in total. The molecule has 1 aliphatic heterocycles. The number of hydrogen-bond acceptors (Lipinski definition) is 3.